The molecule has 0 fully saturated rings. The number of cyclic esters (lactones) is 1. The molecule has 0 unspecified atom stereocenters. The summed E-state index contributed by atoms with van der Waals surface area (Å²) in [5.41, 5.74) is 4.21. The highest BCUT2D eigenvalue weighted by Crippen LogP contribution is 2.28. The van der Waals surface area contributed by atoms with E-state index in [0.717, 1.165) is 22.4 Å². The molecular weight excluding hydrogens is 450 g/mol. The Bertz CT molecular complexity index is 1130. The van der Waals surface area contributed by atoms with Crippen molar-refractivity contribution in [3.8, 4) is 24.2 Å². The lowest BCUT2D eigenvalue weighted by atomic mass is 10.1. The first-order chi connectivity index (χ1) is 17.2. The second kappa shape index (κ2) is 15.9. The van der Waals surface area contributed by atoms with Crippen molar-refractivity contribution >= 4 is 5.97 Å². The molecule has 0 saturated carbocycles. The van der Waals surface area contributed by atoms with Crippen LogP contribution in [0.25, 0.3) is 0 Å². The van der Waals surface area contributed by atoms with Crippen LogP contribution in [0, 0.1) is 24.2 Å². The van der Waals surface area contributed by atoms with E-state index in [1.807, 2.05) is 69.3 Å². The van der Waals surface area contributed by atoms with Gasteiger partial charge in [0.15, 0.2) is 0 Å². The third-order valence-electron chi connectivity index (χ3n) is 4.61. The molecule has 0 atom stereocenters. The van der Waals surface area contributed by atoms with Crippen LogP contribution in [0.5, 0.6) is 0 Å². The summed E-state index contributed by atoms with van der Waals surface area (Å²) in [5, 5.41) is 3.33. The number of hydrogen-bond acceptors (Lipinski definition) is 5. The van der Waals surface area contributed by atoms with E-state index in [1.54, 1.807) is 40.0 Å². The van der Waals surface area contributed by atoms with Gasteiger partial charge in [-0.15, -0.1) is 12.3 Å². The van der Waals surface area contributed by atoms with Crippen molar-refractivity contribution in [3.05, 3.63) is 94.5 Å². The van der Waals surface area contributed by atoms with Crippen LogP contribution >= 0.6 is 0 Å². The molecule has 0 bridgehead atoms. The summed E-state index contributed by atoms with van der Waals surface area (Å²) < 4.78 is 16.2. The fourth-order valence-electron chi connectivity index (χ4n) is 2.97. The number of rotatable bonds is 8. The molecule has 1 aliphatic heterocycles. The summed E-state index contributed by atoms with van der Waals surface area (Å²) in [6, 6.07) is 8.06. The van der Waals surface area contributed by atoms with Crippen LogP contribution in [0.3, 0.4) is 0 Å². The van der Waals surface area contributed by atoms with E-state index >= 15 is 0 Å². The number of esters is 1. The minimum atomic E-state index is -0.983. The molecule has 1 aromatic carbocycles. The zero-order valence-corrected chi connectivity index (χ0v) is 22.4. The lowest BCUT2D eigenvalue weighted by Gasteiger charge is -2.32. The summed E-state index contributed by atoms with van der Waals surface area (Å²) in [6.07, 6.45) is 15.8. The molecule has 36 heavy (non-hydrogen) atoms. The van der Waals surface area contributed by atoms with Crippen molar-refractivity contribution < 1.29 is 19.0 Å². The normalized spacial score (nSPS) is 15.3. The molecule has 1 heterocycles. The van der Waals surface area contributed by atoms with Crippen LogP contribution in [0.4, 0.5) is 0 Å². The monoisotopic (exact) mass is 487 g/mol. The smallest absolute Gasteiger partial charge is 0.345 e. The summed E-state index contributed by atoms with van der Waals surface area (Å²) in [4.78, 5) is 12.5. The Labute approximate surface area is 216 Å². The van der Waals surface area contributed by atoms with Gasteiger partial charge < -0.3 is 19.5 Å². The lowest BCUT2D eigenvalue weighted by Crippen LogP contribution is -2.36. The summed E-state index contributed by atoms with van der Waals surface area (Å²) in [6.45, 7) is 12.0. The molecule has 1 N–H and O–H groups in total. The molecule has 0 aromatic heterocycles. The first kappa shape index (κ1) is 30.1. The van der Waals surface area contributed by atoms with Crippen molar-refractivity contribution in [2.75, 3.05) is 13.7 Å². The Kier molecular flexibility index (Phi) is 13.3. The maximum absolute atomic E-state index is 12.5. The quantitative estimate of drug-likeness (QED) is 0.279. The van der Waals surface area contributed by atoms with Gasteiger partial charge >= 0.3 is 5.97 Å². The molecule has 2 rings (SSSR count). The SMILES string of the molecule is C#CC.C/C=C\C1=C(/C=C(\C)NCc2ccc(C#CC(/C=C\COC)=C/C)cc2)C(=O)OC(C)(C)O1. The number of benzene rings is 1. The molecule has 0 amide bonds. The molecule has 5 heteroatoms. The molecule has 1 aliphatic rings. The fourth-order valence-corrected chi connectivity index (χ4v) is 2.97. The zero-order valence-electron chi connectivity index (χ0n) is 22.4. The van der Waals surface area contributed by atoms with Gasteiger partial charge in [0.2, 0.25) is 5.79 Å². The van der Waals surface area contributed by atoms with Crippen LogP contribution in [-0.4, -0.2) is 25.5 Å². The average Bonchev–Trinajstić information content (AvgIpc) is 2.83. The van der Waals surface area contributed by atoms with Crippen molar-refractivity contribution in [1.82, 2.24) is 5.32 Å². The van der Waals surface area contributed by atoms with E-state index < -0.39 is 11.8 Å². The van der Waals surface area contributed by atoms with Crippen LogP contribution in [0.15, 0.2) is 83.3 Å². The number of carbonyl (C=O) groups excluding carboxylic acids is 1. The topological polar surface area (TPSA) is 56.8 Å². The van der Waals surface area contributed by atoms with Gasteiger partial charge in [-0.05, 0) is 63.6 Å². The molecule has 5 nitrogen and oxygen atoms in total. The molecule has 190 valence electrons. The number of methoxy groups -OCH3 is 1. The Morgan fingerprint density at radius 3 is 2.44 bits per heavy atom. The van der Waals surface area contributed by atoms with Gasteiger partial charge in [0.05, 0.1) is 6.61 Å². The Morgan fingerprint density at radius 1 is 1.19 bits per heavy atom. The van der Waals surface area contributed by atoms with Gasteiger partial charge in [0.25, 0.3) is 0 Å². The maximum atomic E-state index is 12.5. The first-order valence-electron chi connectivity index (χ1n) is 11.7. The van der Waals surface area contributed by atoms with E-state index in [4.69, 9.17) is 14.2 Å². The van der Waals surface area contributed by atoms with Crippen molar-refractivity contribution in [3.63, 3.8) is 0 Å². The zero-order chi connectivity index (χ0) is 27.0. The molecule has 0 radical (unpaired) electrons. The van der Waals surface area contributed by atoms with Gasteiger partial charge in [-0.3, -0.25) is 0 Å². The van der Waals surface area contributed by atoms with Crippen molar-refractivity contribution in [2.45, 2.75) is 53.9 Å². The molecular formula is C31H37NO4. The number of ether oxygens (including phenoxy) is 3. The van der Waals surface area contributed by atoms with Crippen molar-refractivity contribution in [1.29, 1.82) is 0 Å². The molecule has 0 saturated heterocycles. The van der Waals surface area contributed by atoms with Crippen LogP contribution in [0.2, 0.25) is 0 Å². The van der Waals surface area contributed by atoms with Gasteiger partial charge in [0.1, 0.15) is 11.3 Å². The van der Waals surface area contributed by atoms with E-state index in [1.165, 1.54) is 0 Å². The summed E-state index contributed by atoms with van der Waals surface area (Å²) in [7, 11) is 1.66. The Hall–Kier alpha value is -3.93. The summed E-state index contributed by atoms with van der Waals surface area (Å²) >= 11 is 0. The Morgan fingerprint density at radius 2 is 1.86 bits per heavy atom. The second-order valence-electron chi connectivity index (χ2n) is 8.19. The number of terminal acetylenes is 1. The van der Waals surface area contributed by atoms with Gasteiger partial charge in [-0.2, -0.15) is 0 Å². The molecule has 0 spiro atoms. The minimum Gasteiger partial charge on any atom is -0.452 e. The van der Waals surface area contributed by atoms with Gasteiger partial charge in [-0.25, -0.2) is 4.79 Å². The van der Waals surface area contributed by atoms with E-state index in [-0.39, 0.29) is 0 Å². The third kappa shape index (κ3) is 11.0. The number of allylic oxidation sites excluding steroid dienone is 6. The minimum absolute atomic E-state index is 0.391. The van der Waals surface area contributed by atoms with Gasteiger partial charge in [-0.1, -0.05) is 42.2 Å². The van der Waals surface area contributed by atoms with E-state index in [9.17, 15) is 4.79 Å². The average molecular weight is 488 g/mol. The second-order valence-corrected chi connectivity index (χ2v) is 8.19. The highest BCUT2D eigenvalue weighted by atomic mass is 16.7. The lowest BCUT2D eigenvalue weighted by molar-refractivity contribution is -0.204. The van der Waals surface area contributed by atoms with Crippen LogP contribution in [-0.2, 0) is 25.5 Å². The van der Waals surface area contributed by atoms with E-state index in [2.05, 4.69) is 29.5 Å². The maximum Gasteiger partial charge on any atom is 0.345 e. The third-order valence-corrected chi connectivity index (χ3v) is 4.61. The fraction of sp³-hybridized carbons (Fsp3) is 0.323. The predicted molar refractivity (Wildman–Crippen MR) is 146 cm³/mol. The highest BCUT2D eigenvalue weighted by molar-refractivity contribution is 5.93. The largest absolute Gasteiger partial charge is 0.452 e. The number of carbonyl (C=O) groups is 1. The van der Waals surface area contributed by atoms with Crippen LogP contribution < -0.4 is 5.32 Å². The predicted octanol–water partition coefficient (Wildman–Crippen LogP) is 5.96. The standard InChI is InChI=1S/C28H33NO4.C3H4/c1-7-10-26-25(27(30)33-28(4,5)32-26)19-21(3)29-20-24-16-14-23(15-17-24)13-12-22(8-2)11-9-18-31-6;1-3-2/h7-11,14-17,19,29H,18,20H2,1-6H3;1H,2H3/b10-7-,11-9-,21-19+,22-8+;. The first-order valence-corrected chi connectivity index (χ1v) is 11.7. The highest BCUT2D eigenvalue weighted by Gasteiger charge is 2.34. The van der Waals surface area contributed by atoms with Gasteiger partial charge in [0, 0.05) is 44.3 Å². The van der Waals surface area contributed by atoms with Crippen molar-refractivity contribution in [2.24, 2.45) is 0 Å². The summed E-state index contributed by atoms with van der Waals surface area (Å²) in [5.74, 6) is 7.70. The van der Waals surface area contributed by atoms with Crippen LogP contribution in [0.1, 0.15) is 52.7 Å². The molecule has 0 aliphatic carbocycles. The number of hydrogen-bond donors (Lipinski definition) is 1. The molecule has 1 aromatic rings. The Balaban J connectivity index is 0.00000205. The van der Waals surface area contributed by atoms with E-state index in [0.29, 0.717) is 24.5 Å². The number of nitrogens with one attached hydrogen (secondary N) is 1.